The second-order valence-corrected chi connectivity index (χ2v) is 4.21. The van der Waals surface area contributed by atoms with Gasteiger partial charge in [0.2, 0.25) is 0 Å². The van der Waals surface area contributed by atoms with E-state index in [0.29, 0.717) is 6.10 Å². The van der Waals surface area contributed by atoms with Crippen molar-refractivity contribution in [3.63, 3.8) is 0 Å². The van der Waals surface area contributed by atoms with Crippen LogP contribution >= 0.6 is 0 Å². The number of hydrogen-bond donors (Lipinski definition) is 1. The molecule has 1 N–H and O–H groups in total. The van der Waals surface area contributed by atoms with Crippen molar-refractivity contribution in [3.05, 3.63) is 23.7 Å². The highest BCUT2D eigenvalue weighted by molar-refractivity contribution is 5.08. The van der Waals surface area contributed by atoms with Gasteiger partial charge >= 0.3 is 0 Å². The van der Waals surface area contributed by atoms with Gasteiger partial charge < -0.3 is 14.5 Å². The summed E-state index contributed by atoms with van der Waals surface area (Å²) in [6.45, 7) is 5.92. The Morgan fingerprint density at radius 1 is 1.53 bits per heavy atom. The molecule has 3 heteroatoms. The quantitative estimate of drug-likeness (QED) is 0.827. The van der Waals surface area contributed by atoms with Gasteiger partial charge in [-0.25, -0.2) is 0 Å². The van der Waals surface area contributed by atoms with E-state index < -0.39 is 0 Å². The molecule has 0 saturated carbocycles. The molecule has 84 valence electrons. The van der Waals surface area contributed by atoms with Crippen LogP contribution in [0.15, 0.2) is 16.5 Å². The average Bonchev–Trinajstić information content (AvgIpc) is 2.84. The summed E-state index contributed by atoms with van der Waals surface area (Å²) in [5, 5.41) is 3.44. The van der Waals surface area contributed by atoms with Crippen LogP contribution in [0.25, 0.3) is 0 Å². The van der Waals surface area contributed by atoms with Gasteiger partial charge in [0.1, 0.15) is 11.5 Å². The maximum Gasteiger partial charge on any atom is 0.120 e. The topological polar surface area (TPSA) is 34.4 Å². The van der Waals surface area contributed by atoms with Crippen LogP contribution < -0.4 is 5.32 Å². The summed E-state index contributed by atoms with van der Waals surface area (Å²) >= 11 is 0. The minimum absolute atomic E-state index is 0.267. The monoisotopic (exact) mass is 209 g/mol. The third-order valence-electron chi connectivity index (χ3n) is 2.86. The van der Waals surface area contributed by atoms with Crippen LogP contribution in [0.1, 0.15) is 37.3 Å². The van der Waals surface area contributed by atoms with Crippen LogP contribution in [-0.4, -0.2) is 19.3 Å². The number of aryl methyl sites for hydroxylation is 1. The van der Waals surface area contributed by atoms with Crippen molar-refractivity contribution in [2.45, 2.75) is 38.8 Å². The third kappa shape index (κ3) is 2.83. The van der Waals surface area contributed by atoms with Gasteiger partial charge in [-0.2, -0.15) is 0 Å². The van der Waals surface area contributed by atoms with E-state index in [4.69, 9.17) is 9.15 Å². The molecule has 0 bridgehead atoms. The van der Waals surface area contributed by atoms with Crippen molar-refractivity contribution in [3.8, 4) is 0 Å². The summed E-state index contributed by atoms with van der Waals surface area (Å²) < 4.78 is 11.1. The Balaban J connectivity index is 1.79. The summed E-state index contributed by atoms with van der Waals surface area (Å²) in [5.74, 6) is 1.97. The van der Waals surface area contributed by atoms with Crippen LogP contribution in [-0.2, 0) is 4.74 Å². The molecule has 1 aromatic rings. The van der Waals surface area contributed by atoms with Crippen molar-refractivity contribution in [1.29, 1.82) is 0 Å². The third-order valence-corrected chi connectivity index (χ3v) is 2.86. The smallest absolute Gasteiger partial charge is 0.120 e. The van der Waals surface area contributed by atoms with Crippen LogP contribution in [0.4, 0.5) is 0 Å². The molecule has 2 atom stereocenters. The van der Waals surface area contributed by atoms with Gasteiger partial charge in [-0.05, 0) is 38.8 Å². The largest absolute Gasteiger partial charge is 0.465 e. The molecule has 0 unspecified atom stereocenters. The Kier molecular flexibility index (Phi) is 3.44. The first kappa shape index (κ1) is 10.7. The lowest BCUT2D eigenvalue weighted by Gasteiger charge is -2.15. The predicted octanol–water partition coefficient (Wildman–Crippen LogP) is 2.42. The number of hydrogen-bond acceptors (Lipinski definition) is 3. The van der Waals surface area contributed by atoms with Crippen molar-refractivity contribution in [2.75, 3.05) is 13.2 Å². The van der Waals surface area contributed by atoms with Crippen LogP contribution in [0.2, 0.25) is 0 Å². The summed E-state index contributed by atoms with van der Waals surface area (Å²) in [5.41, 5.74) is 0. The lowest BCUT2D eigenvalue weighted by molar-refractivity contribution is 0.107. The molecular formula is C12H19NO2. The average molecular weight is 209 g/mol. The van der Waals surface area contributed by atoms with E-state index >= 15 is 0 Å². The van der Waals surface area contributed by atoms with Gasteiger partial charge in [0.05, 0.1) is 12.1 Å². The summed E-state index contributed by atoms with van der Waals surface area (Å²) in [4.78, 5) is 0. The number of nitrogens with one attached hydrogen (secondary N) is 1. The molecule has 0 amide bonds. The highest BCUT2D eigenvalue weighted by Gasteiger charge is 2.17. The highest BCUT2D eigenvalue weighted by atomic mass is 16.5. The maximum absolute atomic E-state index is 5.56. The van der Waals surface area contributed by atoms with Crippen molar-refractivity contribution >= 4 is 0 Å². The standard InChI is InChI=1S/C12H19NO2/c1-9-5-6-12(15-9)10(2)13-8-11-4-3-7-14-11/h5-6,10-11,13H,3-4,7-8H2,1-2H3/t10-,11+/m1/s1. The molecule has 15 heavy (non-hydrogen) atoms. The Morgan fingerprint density at radius 3 is 3.00 bits per heavy atom. The van der Waals surface area contributed by atoms with Crippen molar-refractivity contribution in [2.24, 2.45) is 0 Å². The fraction of sp³-hybridized carbons (Fsp3) is 0.667. The number of ether oxygens (including phenoxy) is 1. The molecule has 2 rings (SSSR count). The van der Waals surface area contributed by atoms with Crippen molar-refractivity contribution < 1.29 is 9.15 Å². The minimum Gasteiger partial charge on any atom is -0.465 e. The van der Waals surface area contributed by atoms with E-state index in [1.807, 2.05) is 19.1 Å². The normalized spacial score (nSPS) is 23.2. The molecule has 1 aliphatic rings. The molecule has 2 heterocycles. The first-order valence-corrected chi connectivity index (χ1v) is 5.67. The zero-order valence-corrected chi connectivity index (χ0v) is 9.45. The lowest BCUT2D eigenvalue weighted by atomic mass is 10.2. The van der Waals surface area contributed by atoms with Gasteiger partial charge in [-0.15, -0.1) is 0 Å². The fourth-order valence-electron chi connectivity index (χ4n) is 1.90. The summed E-state index contributed by atoms with van der Waals surface area (Å²) in [7, 11) is 0. The minimum atomic E-state index is 0.267. The second kappa shape index (κ2) is 4.81. The molecular weight excluding hydrogens is 190 g/mol. The van der Waals surface area contributed by atoms with Crippen molar-refractivity contribution in [1.82, 2.24) is 5.32 Å². The molecule has 0 aliphatic carbocycles. The van der Waals surface area contributed by atoms with E-state index in [1.165, 1.54) is 12.8 Å². The van der Waals surface area contributed by atoms with E-state index in [1.54, 1.807) is 0 Å². The Morgan fingerprint density at radius 2 is 2.40 bits per heavy atom. The fourth-order valence-corrected chi connectivity index (χ4v) is 1.90. The molecule has 1 saturated heterocycles. The van der Waals surface area contributed by atoms with Crippen LogP contribution in [0, 0.1) is 6.92 Å². The molecule has 0 spiro atoms. The zero-order chi connectivity index (χ0) is 10.7. The van der Waals surface area contributed by atoms with E-state index in [2.05, 4.69) is 12.2 Å². The van der Waals surface area contributed by atoms with E-state index in [-0.39, 0.29) is 6.04 Å². The van der Waals surface area contributed by atoms with Gasteiger partial charge in [0.25, 0.3) is 0 Å². The number of furan rings is 1. The Hall–Kier alpha value is -0.800. The van der Waals surface area contributed by atoms with Gasteiger partial charge in [-0.3, -0.25) is 0 Å². The highest BCUT2D eigenvalue weighted by Crippen LogP contribution is 2.17. The zero-order valence-electron chi connectivity index (χ0n) is 9.45. The van der Waals surface area contributed by atoms with E-state index in [0.717, 1.165) is 24.7 Å². The molecule has 0 radical (unpaired) electrons. The predicted molar refractivity (Wildman–Crippen MR) is 58.8 cm³/mol. The lowest BCUT2D eigenvalue weighted by Crippen LogP contribution is -2.28. The van der Waals surface area contributed by atoms with Gasteiger partial charge in [0, 0.05) is 13.2 Å². The number of rotatable bonds is 4. The summed E-state index contributed by atoms with van der Waals surface area (Å²) in [6.07, 6.45) is 2.76. The first-order valence-electron chi connectivity index (χ1n) is 5.67. The van der Waals surface area contributed by atoms with Crippen LogP contribution in [0.5, 0.6) is 0 Å². The first-order chi connectivity index (χ1) is 7.25. The van der Waals surface area contributed by atoms with Crippen LogP contribution in [0.3, 0.4) is 0 Å². The maximum atomic E-state index is 5.56. The Bertz CT molecular complexity index is 302. The molecule has 1 aromatic heterocycles. The van der Waals surface area contributed by atoms with Gasteiger partial charge in [-0.1, -0.05) is 0 Å². The molecule has 1 aliphatic heterocycles. The van der Waals surface area contributed by atoms with E-state index in [9.17, 15) is 0 Å². The molecule has 1 fully saturated rings. The molecule has 0 aromatic carbocycles. The SMILES string of the molecule is Cc1ccc([C@@H](C)NC[C@@H]2CCCO2)o1. The summed E-state index contributed by atoms with van der Waals surface area (Å²) in [6, 6.07) is 4.30. The second-order valence-electron chi connectivity index (χ2n) is 4.21. The Labute approximate surface area is 90.8 Å². The molecule has 3 nitrogen and oxygen atoms in total. The van der Waals surface area contributed by atoms with Gasteiger partial charge in [0.15, 0.2) is 0 Å².